The number of carbonyl (C=O) groups is 4. The van der Waals surface area contributed by atoms with Gasteiger partial charge < -0.3 is 25.6 Å². The summed E-state index contributed by atoms with van der Waals surface area (Å²) in [6, 6.07) is 15.5. The minimum atomic E-state index is -1.37. The van der Waals surface area contributed by atoms with Crippen LogP contribution in [0, 0.1) is 0 Å². The molecule has 0 aliphatic rings. The average Bonchev–Trinajstić information content (AvgIpc) is 2.82. The molecular weight excluding hydrogens is 464 g/mol. The molecule has 2 aromatic rings. The number of ether oxygens (including phenoxy) is 2. The minimum absolute atomic E-state index is 0.00186. The zero-order valence-corrected chi connectivity index (χ0v) is 20.5. The van der Waals surface area contributed by atoms with Crippen molar-refractivity contribution in [3.8, 4) is 0 Å². The Labute approximate surface area is 209 Å². The van der Waals surface area contributed by atoms with E-state index in [1.54, 1.807) is 57.2 Å². The number of carbonyl (C=O) groups excluding carboxylic acids is 4. The van der Waals surface area contributed by atoms with Crippen molar-refractivity contribution >= 4 is 30.0 Å². The lowest BCUT2D eigenvalue weighted by Gasteiger charge is -2.25. The summed E-state index contributed by atoms with van der Waals surface area (Å²) in [4.78, 5) is 53.0. The predicted molar refractivity (Wildman–Crippen MR) is 131 cm³/mol. The van der Waals surface area contributed by atoms with Gasteiger partial charge in [0.05, 0.1) is 0 Å². The van der Waals surface area contributed by atoms with Crippen molar-refractivity contribution in [1.29, 1.82) is 0 Å². The smallest absolute Gasteiger partial charge is 0.408 e. The molecule has 0 spiro atoms. The highest BCUT2D eigenvalue weighted by molar-refractivity contribution is 6.26. The van der Waals surface area contributed by atoms with Crippen LogP contribution in [0.5, 0.6) is 0 Å². The van der Waals surface area contributed by atoms with Crippen LogP contribution in [0.1, 0.15) is 38.3 Å². The molecule has 2 aromatic carbocycles. The summed E-state index contributed by atoms with van der Waals surface area (Å²) in [6.07, 6.45) is -0.599. The molecule has 0 radical (unpaired) electrons. The number of nitrogens with one attached hydrogen (secondary N) is 2. The van der Waals surface area contributed by atoms with Crippen LogP contribution >= 0.6 is 0 Å². The number of hydrogen-bond donors (Lipinski definition) is 2. The van der Waals surface area contributed by atoms with Crippen molar-refractivity contribution in [3.05, 3.63) is 77.3 Å². The summed E-state index contributed by atoms with van der Waals surface area (Å²) in [5.41, 5.74) is 9.26. The molecule has 0 saturated heterocycles. The molecule has 10 heteroatoms. The van der Waals surface area contributed by atoms with Crippen molar-refractivity contribution in [2.24, 2.45) is 0 Å². The van der Waals surface area contributed by atoms with Crippen LogP contribution in [0.4, 0.5) is 4.79 Å². The number of Topliss-reactive ketones (excluding diaryl/α,β-unsaturated/α-hetero) is 1. The molecule has 0 aliphatic heterocycles. The van der Waals surface area contributed by atoms with Crippen molar-refractivity contribution in [2.45, 2.75) is 57.9 Å². The van der Waals surface area contributed by atoms with Gasteiger partial charge in [0, 0.05) is 12.8 Å². The number of nitrogens with zero attached hydrogens (tertiary/aromatic N) is 2. The molecule has 10 nitrogen and oxygen atoms in total. The minimum Gasteiger partial charge on any atom is -0.458 e. The zero-order valence-electron chi connectivity index (χ0n) is 20.5. The molecule has 2 rings (SSSR count). The third-order valence-electron chi connectivity index (χ3n) is 4.72. The fourth-order valence-corrected chi connectivity index (χ4v) is 3.12. The molecule has 36 heavy (non-hydrogen) atoms. The van der Waals surface area contributed by atoms with Gasteiger partial charge >= 0.3 is 18.3 Å². The number of ketones is 1. The maximum atomic E-state index is 13.2. The van der Waals surface area contributed by atoms with E-state index >= 15 is 0 Å². The van der Waals surface area contributed by atoms with Crippen LogP contribution in [0.25, 0.3) is 5.53 Å². The normalized spacial score (nSPS) is 12.3. The van der Waals surface area contributed by atoms with Gasteiger partial charge in [-0.05, 0) is 31.9 Å². The van der Waals surface area contributed by atoms with Gasteiger partial charge in [0.15, 0.2) is 0 Å². The summed E-state index contributed by atoms with van der Waals surface area (Å²) in [7, 11) is 0. The monoisotopic (exact) mass is 494 g/mol. The maximum Gasteiger partial charge on any atom is 0.408 e. The van der Waals surface area contributed by atoms with Gasteiger partial charge in [-0.1, -0.05) is 60.7 Å². The van der Waals surface area contributed by atoms with Crippen LogP contribution < -0.4 is 10.6 Å². The van der Waals surface area contributed by atoms with Crippen LogP contribution in [0.2, 0.25) is 0 Å². The van der Waals surface area contributed by atoms with Gasteiger partial charge in [-0.25, -0.2) is 9.59 Å². The Morgan fingerprint density at radius 3 is 2.06 bits per heavy atom. The van der Waals surface area contributed by atoms with Crippen LogP contribution in [-0.2, 0) is 36.9 Å². The Hall–Kier alpha value is -4.30. The largest absolute Gasteiger partial charge is 0.458 e. The van der Waals surface area contributed by atoms with E-state index in [4.69, 9.17) is 15.0 Å². The van der Waals surface area contributed by atoms with Gasteiger partial charge in [0.2, 0.25) is 11.7 Å². The number of amides is 2. The summed E-state index contributed by atoms with van der Waals surface area (Å²) in [5, 5.41) is 5.01. The number of esters is 1. The number of benzene rings is 2. The number of alkyl carbamates (subject to hydrolysis) is 1. The second-order valence-electron chi connectivity index (χ2n) is 8.96. The van der Waals surface area contributed by atoms with Crippen LogP contribution in [0.3, 0.4) is 0 Å². The quantitative estimate of drug-likeness (QED) is 0.212. The number of rotatable bonds is 11. The lowest BCUT2D eigenvalue weighted by molar-refractivity contribution is -0.159. The topological polar surface area (TPSA) is 147 Å². The second-order valence-corrected chi connectivity index (χ2v) is 8.96. The second kappa shape index (κ2) is 13.6. The Morgan fingerprint density at radius 2 is 1.50 bits per heavy atom. The van der Waals surface area contributed by atoms with Gasteiger partial charge in [0.25, 0.3) is 0 Å². The summed E-state index contributed by atoms with van der Waals surface area (Å²) in [5.74, 6) is -2.27. The van der Waals surface area contributed by atoms with E-state index in [1.165, 1.54) is 0 Å². The first-order chi connectivity index (χ1) is 17.1. The highest BCUT2D eigenvalue weighted by Crippen LogP contribution is 2.11. The lowest BCUT2D eigenvalue weighted by atomic mass is 10.0. The third-order valence-corrected chi connectivity index (χ3v) is 4.72. The summed E-state index contributed by atoms with van der Waals surface area (Å²) >= 11 is 0. The van der Waals surface area contributed by atoms with E-state index in [0.29, 0.717) is 6.21 Å². The Kier molecular flexibility index (Phi) is 10.5. The van der Waals surface area contributed by atoms with Gasteiger partial charge in [0.1, 0.15) is 24.3 Å². The summed E-state index contributed by atoms with van der Waals surface area (Å²) in [6.45, 7) is 4.93. The van der Waals surface area contributed by atoms with Gasteiger partial charge in [-0.15, -0.1) is 0 Å². The van der Waals surface area contributed by atoms with E-state index in [1.807, 2.05) is 24.3 Å². The molecule has 2 unspecified atom stereocenters. The van der Waals surface area contributed by atoms with E-state index in [-0.39, 0.29) is 13.0 Å². The van der Waals surface area contributed by atoms with E-state index in [2.05, 4.69) is 15.4 Å². The third kappa shape index (κ3) is 10.3. The molecule has 0 heterocycles. The van der Waals surface area contributed by atoms with Crippen LogP contribution in [0.15, 0.2) is 60.7 Å². The Bertz CT molecular complexity index is 1090. The molecule has 0 fully saturated rings. The molecule has 190 valence electrons. The van der Waals surface area contributed by atoms with Gasteiger partial charge in [-0.3, -0.25) is 9.59 Å². The predicted octanol–water partition coefficient (Wildman–Crippen LogP) is 2.61. The molecule has 2 atom stereocenters. The highest BCUT2D eigenvalue weighted by Gasteiger charge is 2.32. The maximum absolute atomic E-state index is 13.2. The fraction of sp³-hybridized carbons (Fsp3) is 0.346. The lowest BCUT2D eigenvalue weighted by Crippen LogP contribution is -2.54. The number of hydrogen-bond acceptors (Lipinski definition) is 6. The Morgan fingerprint density at radius 1 is 0.917 bits per heavy atom. The zero-order chi connectivity index (χ0) is 26.6. The SMILES string of the molecule is CC(C)(C)OC(=O)C(CC(=O)C=[N+]=[N-])NC(=O)C(Cc1ccccc1)NC(=O)OCc1ccccc1. The van der Waals surface area contributed by atoms with E-state index < -0.39 is 47.9 Å². The van der Waals surface area contributed by atoms with Crippen molar-refractivity contribution in [3.63, 3.8) is 0 Å². The Balaban J connectivity index is 2.18. The fourth-order valence-electron chi connectivity index (χ4n) is 3.12. The first kappa shape index (κ1) is 27.9. The van der Waals surface area contributed by atoms with Crippen molar-refractivity contribution < 1.29 is 33.4 Å². The highest BCUT2D eigenvalue weighted by atomic mass is 16.6. The van der Waals surface area contributed by atoms with Crippen LogP contribution in [-0.4, -0.2) is 52.4 Å². The van der Waals surface area contributed by atoms with Crippen molar-refractivity contribution in [1.82, 2.24) is 10.6 Å². The first-order valence-electron chi connectivity index (χ1n) is 11.3. The molecule has 0 aliphatic carbocycles. The first-order valence-corrected chi connectivity index (χ1v) is 11.3. The van der Waals surface area contributed by atoms with Crippen molar-refractivity contribution in [2.75, 3.05) is 0 Å². The molecule has 2 amide bonds. The standard InChI is InChI=1S/C26H30N4O6/c1-26(2,3)36-24(33)22(15-20(31)16-28-27)29-23(32)21(14-18-10-6-4-7-11-18)30-25(34)35-17-19-12-8-5-9-13-19/h4-13,16,21-22H,14-15,17H2,1-3H3,(H,29,32)(H,30,34). The van der Waals surface area contributed by atoms with E-state index in [0.717, 1.165) is 11.1 Å². The van der Waals surface area contributed by atoms with E-state index in [9.17, 15) is 19.2 Å². The molecule has 2 N–H and O–H groups in total. The molecular formula is C26H30N4O6. The molecule has 0 aromatic heterocycles. The average molecular weight is 495 g/mol. The molecule has 0 bridgehead atoms. The summed E-state index contributed by atoms with van der Waals surface area (Å²) < 4.78 is 10.6. The molecule has 0 saturated carbocycles. The van der Waals surface area contributed by atoms with Gasteiger partial charge in [-0.2, -0.15) is 4.79 Å².